The number of anilines is 1. The SMILES string of the molecule is COc1cc(CNC(=O)C2CCN(C(=O)Nc3ccccc3)CC2)cc(OC)c1OC. The summed E-state index contributed by atoms with van der Waals surface area (Å²) in [5.41, 5.74) is 1.61. The first-order chi connectivity index (χ1) is 15.0. The highest BCUT2D eigenvalue weighted by Crippen LogP contribution is 2.38. The molecule has 0 aliphatic carbocycles. The number of carbonyl (C=O) groups excluding carboxylic acids is 2. The minimum Gasteiger partial charge on any atom is -0.493 e. The molecule has 0 spiro atoms. The Kier molecular flexibility index (Phi) is 7.59. The molecule has 1 saturated heterocycles. The van der Waals surface area contributed by atoms with Crippen molar-refractivity contribution in [3.05, 3.63) is 48.0 Å². The lowest BCUT2D eigenvalue weighted by Crippen LogP contribution is -2.44. The van der Waals surface area contributed by atoms with E-state index in [4.69, 9.17) is 14.2 Å². The van der Waals surface area contributed by atoms with Crippen LogP contribution in [0.4, 0.5) is 10.5 Å². The number of ether oxygens (including phenoxy) is 3. The van der Waals surface area contributed by atoms with Gasteiger partial charge in [0.15, 0.2) is 11.5 Å². The molecule has 1 fully saturated rings. The molecular weight excluding hydrogens is 398 g/mol. The molecule has 31 heavy (non-hydrogen) atoms. The van der Waals surface area contributed by atoms with Gasteiger partial charge in [0.2, 0.25) is 11.7 Å². The van der Waals surface area contributed by atoms with Crippen LogP contribution in [0.15, 0.2) is 42.5 Å². The molecule has 0 atom stereocenters. The molecule has 0 aromatic heterocycles. The number of methoxy groups -OCH3 is 3. The van der Waals surface area contributed by atoms with Crippen LogP contribution in [0.3, 0.4) is 0 Å². The van der Waals surface area contributed by atoms with E-state index < -0.39 is 0 Å². The minimum absolute atomic E-state index is 0.0168. The van der Waals surface area contributed by atoms with Crippen molar-refractivity contribution in [1.29, 1.82) is 0 Å². The third kappa shape index (κ3) is 5.59. The Labute approximate surface area is 182 Å². The Balaban J connectivity index is 1.51. The van der Waals surface area contributed by atoms with Crippen LogP contribution in [0.25, 0.3) is 0 Å². The highest BCUT2D eigenvalue weighted by Gasteiger charge is 2.27. The molecule has 3 amide bonds. The van der Waals surface area contributed by atoms with Crippen LogP contribution in [0.5, 0.6) is 17.2 Å². The standard InChI is InChI=1S/C23H29N3O5/c1-29-19-13-16(14-20(30-2)21(19)31-3)15-24-22(27)17-9-11-26(12-10-17)23(28)25-18-7-5-4-6-8-18/h4-8,13-14,17H,9-12,15H2,1-3H3,(H,24,27)(H,25,28). The van der Waals surface area contributed by atoms with Crippen LogP contribution < -0.4 is 24.8 Å². The molecule has 0 bridgehead atoms. The number of benzene rings is 2. The first kappa shape index (κ1) is 22.3. The van der Waals surface area contributed by atoms with Gasteiger partial charge in [0.25, 0.3) is 0 Å². The van der Waals surface area contributed by atoms with E-state index in [9.17, 15) is 9.59 Å². The van der Waals surface area contributed by atoms with Gasteiger partial charge in [0.05, 0.1) is 21.3 Å². The van der Waals surface area contributed by atoms with Gasteiger partial charge >= 0.3 is 6.03 Å². The molecule has 1 aliphatic rings. The van der Waals surface area contributed by atoms with Crippen LogP contribution in [0.1, 0.15) is 18.4 Å². The fourth-order valence-corrected chi connectivity index (χ4v) is 3.64. The molecule has 8 heteroatoms. The van der Waals surface area contributed by atoms with Gasteiger partial charge in [-0.3, -0.25) is 4.79 Å². The van der Waals surface area contributed by atoms with E-state index >= 15 is 0 Å². The van der Waals surface area contributed by atoms with E-state index in [1.807, 2.05) is 42.5 Å². The summed E-state index contributed by atoms with van der Waals surface area (Å²) in [5.74, 6) is 1.47. The highest BCUT2D eigenvalue weighted by atomic mass is 16.5. The predicted molar refractivity (Wildman–Crippen MR) is 118 cm³/mol. The zero-order chi connectivity index (χ0) is 22.2. The number of likely N-dealkylation sites (tertiary alicyclic amines) is 1. The third-order valence-corrected chi connectivity index (χ3v) is 5.37. The summed E-state index contributed by atoms with van der Waals surface area (Å²) < 4.78 is 16.0. The van der Waals surface area contributed by atoms with Crippen LogP contribution >= 0.6 is 0 Å². The van der Waals surface area contributed by atoms with E-state index in [1.165, 1.54) is 0 Å². The van der Waals surface area contributed by atoms with E-state index in [0.29, 0.717) is 49.7 Å². The fourth-order valence-electron chi connectivity index (χ4n) is 3.64. The summed E-state index contributed by atoms with van der Waals surface area (Å²) in [6.07, 6.45) is 1.26. The maximum Gasteiger partial charge on any atom is 0.321 e. The Hall–Kier alpha value is -3.42. The van der Waals surface area contributed by atoms with Gasteiger partial charge in [-0.2, -0.15) is 0 Å². The average molecular weight is 428 g/mol. The summed E-state index contributed by atoms with van der Waals surface area (Å²) >= 11 is 0. The largest absolute Gasteiger partial charge is 0.493 e. The number of amides is 3. The molecule has 0 radical (unpaired) electrons. The lowest BCUT2D eigenvalue weighted by atomic mass is 9.96. The molecular formula is C23H29N3O5. The lowest BCUT2D eigenvalue weighted by Gasteiger charge is -2.31. The highest BCUT2D eigenvalue weighted by molar-refractivity contribution is 5.89. The Morgan fingerprint density at radius 2 is 1.58 bits per heavy atom. The second-order valence-electron chi connectivity index (χ2n) is 7.31. The van der Waals surface area contributed by atoms with E-state index in [0.717, 1.165) is 11.3 Å². The van der Waals surface area contributed by atoms with Gasteiger partial charge in [-0.1, -0.05) is 18.2 Å². The number of carbonyl (C=O) groups is 2. The van der Waals surface area contributed by atoms with Gasteiger partial charge in [-0.25, -0.2) is 4.79 Å². The molecule has 8 nitrogen and oxygen atoms in total. The number of nitrogens with zero attached hydrogens (tertiary/aromatic N) is 1. The number of urea groups is 1. The zero-order valence-electron chi connectivity index (χ0n) is 18.1. The normalized spacial score (nSPS) is 14.0. The topological polar surface area (TPSA) is 89.1 Å². The van der Waals surface area contributed by atoms with Gasteiger partial charge in [0, 0.05) is 31.2 Å². The van der Waals surface area contributed by atoms with Crippen LogP contribution in [-0.2, 0) is 11.3 Å². The Morgan fingerprint density at radius 3 is 2.13 bits per heavy atom. The van der Waals surface area contributed by atoms with Crippen molar-refractivity contribution in [2.45, 2.75) is 19.4 Å². The quantitative estimate of drug-likeness (QED) is 0.708. The summed E-state index contributed by atoms with van der Waals surface area (Å²) in [5, 5.41) is 5.87. The molecule has 0 unspecified atom stereocenters. The predicted octanol–water partition coefficient (Wildman–Crippen LogP) is 3.27. The number of rotatable bonds is 7. The van der Waals surface area contributed by atoms with E-state index in [-0.39, 0.29) is 17.9 Å². The number of piperidine rings is 1. The summed E-state index contributed by atoms with van der Waals surface area (Å²) in [6, 6.07) is 12.8. The molecule has 166 valence electrons. The van der Waals surface area contributed by atoms with Crippen molar-refractivity contribution in [2.24, 2.45) is 5.92 Å². The molecule has 0 saturated carbocycles. The molecule has 2 N–H and O–H groups in total. The summed E-state index contributed by atoms with van der Waals surface area (Å²) in [4.78, 5) is 26.8. The van der Waals surface area contributed by atoms with Crippen molar-refractivity contribution in [3.8, 4) is 17.2 Å². The monoisotopic (exact) mass is 427 g/mol. The smallest absolute Gasteiger partial charge is 0.321 e. The lowest BCUT2D eigenvalue weighted by molar-refractivity contribution is -0.126. The zero-order valence-corrected chi connectivity index (χ0v) is 18.1. The number of nitrogens with one attached hydrogen (secondary N) is 2. The van der Waals surface area contributed by atoms with Gasteiger partial charge in [-0.05, 0) is 42.7 Å². The third-order valence-electron chi connectivity index (χ3n) is 5.37. The van der Waals surface area contributed by atoms with Gasteiger partial charge < -0.3 is 29.7 Å². The fraction of sp³-hybridized carbons (Fsp3) is 0.391. The second-order valence-corrected chi connectivity index (χ2v) is 7.31. The Bertz CT molecular complexity index is 870. The number of hydrogen-bond acceptors (Lipinski definition) is 5. The van der Waals surface area contributed by atoms with Crippen molar-refractivity contribution >= 4 is 17.6 Å². The molecule has 1 aliphatic heterocycles. The number of hydrogen-bond donors (Lipinski definition) is 2. The summed E-state index contributed by atoms with van der Waals surface area (Å²) in [6.45, 7) is 1.44. The minimum atomic E-state index is -0.137. The molecule has 2 aromatic carbocycles. The summed E-state index contributed by atoms with van der Waals surface area (Å²) in [7, 11) is 4.66. The Morgan fingerprint density at radius 1 is 0.968 bits per heavy atom. The van der Waals surface area contributed by atoms with Crippen molar-refractivity contribution in [3.63, 3.8) is 0 Å². The maximum atomic E-state index is 12.7. The molecule has 3 rings (SSSR count). The second kappa shape index (κ2) is 10.6. The molecule has 2 aromatic rings. The first-order valence-electron chi connectivity index (χ1n) is 10.2. The van der Waals surface area contributed by atoms with Crippen LogP contribution in [-0.4, -0.2) is 51.3 Å². The maximum absolute atomic E-state index is 12.7. The van der Waals surface area contributed by atoms with E-state index in [1.54, 1.807) is 26.2 Å². The van der Waals surface area contributed by atoms with Crippen LogP contribution in [0, 0.1) is 5.92 Å². The average Bonchev–Trinajstić information content (AvgIpc) is 2.82. The molecule has 1 heterocycles. The van der Waals surface area contributed by atoms with Crippen molar-refractivity contribution in [2.75, 3.05) is 39.7 Å². The van der Waals surface area contributed by atoms with Gasteiger partial charge in [-0.15, -0.1) is 0 Å². The first-order valence-corrected chi connectivity index (χ1v) is 10.2. The number of para-hydroxylation sites is 1. The van der Waals surface area contributed by atoms with Crippen LogP contribution in [0.2, 0.25) is 0 Å². The van der Waals surface area contributed by atoms with Gasteiger partial charge in [0.1, 0.15) is 0 Å². The van der Waals surface area contributed by atoms with Crippen molar-refractivity contribution in [1.82, 2.24) is 10.2 Å². The van der Waals surface area contributed by atoms with Crippen molar-refractivity contribution < 1.29 is 23.8 Å². The van der Waals surface area contributed by atoms with E-state index in [2.05, 4.69) is 10.6 Å².